The third kappa shape index (κ3) is 4.19. The van der Waals surface area contributed by atoms with Crippen molar-refractivity contribution < 1.29 is 24.2 Å². The summed E-state index contributed by atoms with van der Waals surface area (Å²) < 4.78 is 5.55. The van der Waals surface area contributed by atoms with Crippen LogP contribution in [0.25, 0.3) is 11.1 Å². The van der Waals surface area contributed by atoms with E-state index in [2.05, 4.69) is 34.9 Å². The number of fused-ring (bicyclic) bond motifs is 3. The van der Waals surface area contributed by atoms with Crippen LogP contribution in [0.1, 0.15) is 56.6 Å². The van der Waals surface area contributed by atoms with Crippen LogP contribution in [0.4, 0.5) is 4.79 Å². The van der Waals surface area contributed by atoms with E-state index in [4.69, 9.17) is 4.74 Å². The van der Waals surface area contributed by atoms with Crippen LogP contribution in [0.3, 0.4) is 0 Å². The highest BCUT2D eigenvalue weighted by Crippen LogP contribution is 2.44. The Balaban J connectivity index is 1.36. The zero-order chi connectivity index (χ0) is 23.6. The fourth-order valence-electron chi connectivity index (χ4n) is 4.57. The molecule has 7 nitrogen and oxygen atoms in total. The molecule has 1 atom stereocenters. The second-order valence-corrected chi connectivity index (χ2v) is 9.29. The topological polar surface area (TPSA) is 105 Å². The fraction of sp³-hybridized carbons (Fsp3) is 0.423. The van der Waals surface area contributed by atoms with E-state index in [0.29, 0.717) is 19.3 Å². The van der Waals surface area contributed by atoms with Crippen LogP contribution in [-0.4, -0.2) is 41.8 Å². The van der Waals surface area contributed by atoms with Gasteiger partial charge >= 0.3 is 12.1 Å². The molecule has 2 aromatic rings. The molecular weight excluding hydrogens is 420 g/mol. The Morgan fingerprint density at radius 1 is 1.06 bits per heavy atom. The quantitative estimate of drug-likeness (QED) is 0.562. The summed E-state index contributed by atoms with van der Waals surface area (Å²) in [6.45, 7) is 3.81. The predicted molar refractivity (Wildman–Crippen MR) is 124 cm³/mol. The number of carboxylic acid groups (broad SMARTS) is 1. The summed E-state index contributed by atoms with van der Waals surface area (Å²) in [5, 5.41) is 14.9. The molecule has 0 bridgehead atoms. The van der Waals surface area contributed by atoms with Crippen LogP contribution in [0.2, 0.25) is 0 Å². The maximum Gasteiger partial charge on any atom is 0.407 e. The average Bonchev–Trinajstić information content (AvgIpc) is 3.11. The van der Waals surface area contributed by atoms with Crippen molar-refractivity contribution in [1.82, 2.24) is 10.6 Å². The first-order chi connectivity index (χ1) is 15.8. The van der Waals surface area contributed by atoms with Crippen LogP contribution < -0.4 is 10.6 Å². The molecule has 2 amide bonds. The number of ether oxygens (including phenoxy) is 1. The van der Waals surface area contributed by atoms with Gasteiger partial charge in [0.05, 0.1) is 5.41 Å². The molecule has 0 aliphatic heterocycles. The molecule has 7 heteroatoms. The molecule has 1 unspecified atom stereocenters. The van der Waals surface area contributed by atoms with E-state index >= 15 is 0 Å². The largest absolute Gasteiger partial charge is 0.480 e. The van der Waals surface area contributed by atoms with E-state index in [9.17, 15) is 19.5 Å². The highest BCUT2D eigenvalue weighted by atomic mass is 16.5. The Hall–Kier alpha value is -3.35. The molecule has 2 aliphatic rings. The van der Waals surface area contributed by atoms with E-state index in [1.807, 2.05) is 31.2 Å². The zero-order valence-corrected chi connectivity index (χ0v) is 19.0. The lowest BCUT2D eigenvalue weighted by Gasteiger charge is -2.41. The summed E-state index contributed by atoms with van der Waals surface area (Å²) in [5.41, 5.74) is 2.44. The van der Waals surface area contributed by atoms with Gasteiger partial charge in [-0.15, -0.1) is 0 Å². The van der Waals surface area contributed by atoms with Crippen molar-refractivity contribution in [3.63, 3.8) is 0 Å². The molecule has 174 valence electrons. The van der Waals surface area contributed by atoms with Gasteiger partial charge in [-0.25, -0.2) is 9.59 Å². The first-order valence-electron chi connectivity index (χ1n) is 11.4. The van der Waals surface area contributed by atoms with E-state index in [1.54, 1.807) is 6.92 Å². The van der Waals surface area contributed by atoms with Gasteiger partial charge in [0.1, 0.15) is 12.1 Å². The molecule has 2 aromatic carbocycles. The molecule has 1 fully saturated rings. The Labute approximate surface area is 193 Å². The first kappa shape index (κ1) is 22.8. The molecule has 2 aliphatic carbocycles. The normalized spacial score (nSPS) is 17.6. The Bertz CT molecular complexity index is 1030. The van der Waals surface area contributed by atoms with Gasteiger partial charge in [-0.05, 0) is 54.9 Å². The number of hydrogen-bond donors (Lipinski definition) is 3. The highest BCUT2D eigenvalue weighted by Gasteiger charge is 2.48. The van der Waals surface area contributed by atoms with Crippen LogP contribution in [-0.2, 0) is 14.3 Å². The predicted octanol–water partition coefficient (Wildman–Crippen LogP) is 4.06. The number of rotatable bonds is 8. The van der Waals surface area contributed by atoms with E-state index in [-0.39, 0.29) is 25.0 Å². The zero-order valence-electron chi connectivity index (χ0n) is 19.0. The van der Waals surface area contributed by atoms with Crippen molar-refractivity contribution in [3.8, 4) is 11.1 Å². The van der Waals surface area contributed by atoms with Crippen molar-refractivity contribution in [3.05, 3.63) is 59.7 Å². The van der Waals surface area contributed by atoms with Crippen molar-refractivity contribution in [2.75, 3.05) is 13.2 Å². The molecule has 3 N–H and O–H groups in total. The summed E-state index contributed by atoms with van der Waals surface area (Å²) >= 11 is 0. The van der Waals surface area contributed by atoms with Gasteiger partial charge in [-0.2, -0.15) is 0 Å². The van der Waals surface area contributed by atoms with Crippen molar-refractivity contribution in [1.29, 1.82) is 0 Å². The summed E-state index contributed by atoms with van der Waals surface area (Å²) in [6, 6.07) is 16.2. The SMILES string of the molecule is CCC(C)(CNC(=O)OCC1c2ccccc2-c2ccccc21)C(=O)NC1(C(=O)O)CCC1. The van der Waals surface area contributed by atoms with Gasteiger partial charge in [0.25, 0.3) is 0 Å². The molecular formula is C26H30N2O5. The van der Waals surface area contributed by atoms with Crippen LogP contribution in [0.15, 0.2) is 48.5 Å². The molecule has 0 spiro atoms. The van der Waals surface area contributed by atoms with Crippen LogP contribution in [0, 0.1) is 5.41 Å². The minimum Gasteiger partial charge on any atom is -0.480 e. The molecule has 33 heavy (non-hydrogen) atoms. The monoisotopic (exact) mass is 450 g/mol. The number of carboxylic acids is 1. The fourth-order valence-corrected chi connectivity index (χ4v) is 4.57. The number of hydrogen-bond acceptors (Lipinski definition) is 4. The van der Waals surface area contributed by atoms with Crippen LogP contribution in [0.5, 0.6) is 0 Å². The maximum absolute atomic E-state index is 12.9. The summed E-state index contributed by atoms with van der Waals surface area (Å²) in [7, 11) is 0. The number of nitrogens with one attached hydrogen (secondary N) is 2. The van der Waals surface area contributed by atoms with Crippen molar-refractivity contribution in [2.24, 2.45) is 5.41 Å². The number of carbonyl (C=O) groups is 3. The summed E-state index contributed by atoms with van der Waals surface area (Å²) in [6.07, 6.45) is 1.47. The standard InChI is InChI=1S/C26H30N2O5/c1-3-25(2,22(29)28-26(23(30)31)13-8-14-26)16-27-24(32)33-15-21-19-11-6-4-9-17(19)18-10-5-7-12-20(18)21/h4-7,9-12,21H,3,8,13-16H2,1-2H3,(H,27,32)(H,28,29)(H,30,31). The number of alkyl carbamates (subject to hydrolysis) is 1. The van der Waals surface area contributed by atoms with Crippen LogP contribution >= 0.6 is 0 Å². The van der Waals surface area contributed by atoms with E-state index in [1.165, 1.54) is 0 Å². The second kappa shape index (κ2) is 8.89. The Morgan fingerprint density at radius 2 is 1.64 bits per heavy atom. The summed E-state index contributed by atoms with van der Waals surface area (Å²) in [5.74, 6) is -1.42. The molecule has 1 saturated carbocycles. The first-order valence-corrected chi connectivity index (χ1v) is 11.4. The number of benzene rings is 2. The number of aliphatic carboxylic acids is 1. The maximum atomic E-state index is 12.9. The van der Waals surface area contributed by atoms with E-state index < -0.39 is 23.0 Å². The molecule has 0 radical (unpaired) electrons. The molecule has 0 heterocycles. The third-order valence-electron chi connectivity index (χ3n) is 7.26. The minimum absolute atomic E-state index is 0.0435. The molecule has 0 saturated heterocycles. The van der Waals surface area contributed by atoms with Gasteiger partial charge in [0.15, 0.2) is 0 Å². The lowest BCUT2D eigenvalue weighted by molar-refractivity contribution is -0.153. The van der Waals surface area contributed by atoms with Gasteiger partial charge in [-0.3, -0.25) is 4.79 Å². The van der Waals surface area contributed by atoms with Gasteiger partial charge in [0.2, 0.25) is 5.91 Å². The Kier molecular flexibility index (Phi) is 6.15. The Morgan fingerprint density at radius 3 is 2.12 bits per heavy atom. The van der Waals surface area contributed by atoms with Crippen molar-refractivity contribution >= 4 is 18.0 Å². The second-order valence-electron chi connectivity index (χ2n) is 9.29. The third-order valence-corrected chi connectivity index (χ3v) is 7.26. The van der Waals surface area contributed by atoms with Gasteiger partial charge in [0, 0.05) is 12.5 Å². The van der Waals surface area contributed by atoms with E-state index in [0.717, 1.165) is 28.7 Å². The minimum atomic E-state index is -1.18. The number of amides is 2. The highest BCUT2D eigenvalue weighted by molar-refractivity contribution is 5.91. The van der Waals surface area contributed by atoms with Gasteiger partial charge in [-0.1, -0.05) is 55.5 Å². The molecule has 4 rings (SSSR count). The summed E-state index contributed by atoms with van der Waals surface area (Å²) in [4.78, 5) is 37.0. The lowest BCUT2D eigenvalue weighted by Crippen LogP contribution is -2.62. The van der Waals surface area contributed by atoms with Crippen molar-refractivity contribution in [2.45, 2.75) is 51.0 Å². The number of carbonyl (C=O) groups excluding carboxylic acids is 2. The lowest BCUT2D eigenvalue weighted by atomic mass is 9.75. The molecule has 0 aromatic heterocycles. The average molecular weight is 451 g/mol. The smallest absolute Gasteiger partial charge is 0.407 e. The van der Waals surface area contributed by atoms with Gasteiger partial charge < -0.3 is 20.5 Å².